The van der Waals surface area contributed by atoms with Gasteiger partial charge in [-0.3, -0.25) is 0 Å². The Bertz CT molecular complexity index is 753. The Morgan fingerprint density at radius 2 is 1.96 bits per heavy atom. The van der Waals surface area contributed by atoms with Gasteiger partial charge >= 0.3 is 0 Å². The van der Waals surface area contributed by atoms with Crippen molar-refractivity contribution >= 4 is 5.96 Å². The lowest BCUT2D eigenvalue weighted by atomic mass is 10.2. The lowest BCUT2D eigenvalue weighted by molar-refractivity contribution is 0.270. The number of phenols is 1. The third-order valence-electron chi connectivity index (χ3n) is 3.64. The molecule has 2 aromatic carbocycles. The summed E-state index contributed by atoms with van der Waals surface area (Å²) in [6.07, 6.45) is 0. The van der Waals surface area contributed by atoms with E-state index in [-0.39, 0.29) is 24.7 Å². The highest BCUT2D eigenvalue weighted by Crippen LogP contribution is 2.17. The van der Waals surface area contributed by atoms with Crippen LogP contribution in [0.1, 0.15) is 12.5 Å². The molecule has 0 amide bonds. The Labute approximate surface area is 151 Å². The van der Waals surface area contributed by atoms with E-state index >= 15 is 0 Å². The fraction of sp³-hybridized carbons (Fsp3) is 0.316. The summed E-state index contributed by atoms with van der Waals surface area (Å²) in [4.78, 5) is 6.30. The first kappa shape index (κ1) is 19.5. The number of halogens is 2. The van der Waals surface area contributed by atoms with Crippen molar-refractivity contribution < 1.29 is 18.6 Å². The quantitative estimate of drug-likeness (QED) is 0.586. The molecular weight excluding hydrogens is 340 g/mol. The molecule has 2 N–H and O–H groups in total. The van der Waals surface area contributed by atoms with Crippen molar-refractivity contribution in [1.29, 1.82) is 0 Å². The van der Waals surface area contributed by atoms with Gasteiger partial charge in [-0.15, -0.1) is 0 Å². The first-order chi connectivity index (χ1) is 12.5. The van der Waals surface area contributed by atoms with Gasteiger partial charge in [0.1, 0.15) is 6.61 Å². The fourth-order valence-corrected chi connectivity index (χ4v) is 2.24. The van der Waals surface area contributed by atoms with Crippen LogP contribution in [-0.2, 0) is 6.54 Å². The number of phenolic OH excluding ortho intramolecular Hbond substituents is 1. The number of hydrogen-bond acceptors (Lipinski definition) is 3. The summed E-state index contributed by atoms with van der Waals surface area (Å²) < 4.78 is 32.4. The van der Waals surface area contributed by atoms with Gasteiger partial charge in [-0.1, -0.05) is 18.2 Å². The second-order valence-electron chi connectivity index (χ2n) is 5.66. The van der Waals surface area contributed by atoms with E-state index in [0.717, 1.165) is 0 Å². The largest absolute Gasteiger partial charge is 0.505 e. The van der Waals surface area contributed by atoms with Gasteiger partial charge in [0, 0.05) is 13.6 Å². The lowest BCUT2D eigenvalue weighted by Crippen LogP contribution is -2.40. The van der Waals surface area contributed by atoms with Crippen molar-refractivity contribution in [3.8, 4) is 11.5 Å². The molecule has 2 rings (SSSR count). The second-order valence-corrected chi connectivity index (χ2v) is 5.66. The van der Waals surface area contributed by atoms with E-state index in [2.05, 4.69) is 10.3 Å². The number of ether oxygens (including phenoxy) is 1. The highest BCUT2D eigenvalue weighted by atomic mass is 19.1. The number of nitrogens with one attached hydrogen (secondary N) is 1. The molecule has 2 aromatic rings. The molecule has 140 valence electrons. The maximum atomic E-state index is 13.5. The van der Waals surface area contributed by atoms with Crippen molar-refractivity contribution in [2.24, 2.45) is 4.99 Å². The highest BCUT2D eigenvalue weighted by molar-refractivity contribution is 5.79. The van der Waals surface area contributed by atoms with Gasteiger partial charge in [0.15, 0.2) is 29.1 Å². The zero-order valence-electron chi connectivity index (χ0n) is 14.9. The summed E-state index contributed by atoms with van der Waals surface area (Å²) in [6.45, 7) is 3.65. The van der Waals surface area contributed by atoms with Crippen LogP contribution in [-0.4, -0.2) is 42.7 Å². The van der Waals surface area contributed by atoms with Crippen LogP contribution in [0.25, 0.3) is 0 Å². The number of nitrogens with zero attached hydrogens (tertiary/aromatic N) is 2. The Balaban J connectivity index is 1.94. The summed E-state index contributed by atoms with van der Waals surface area (Å²) in [7, 11) is 1.84. The third kappa shape index (κ3) is 5.61. The molecule has 0 aliphatic heterocycles. The average molecular weight is 363 g/mol. The van der Waals surface area contributed by atoms with Crippen LogP contribution >= 0.6 is 0 Å². The summed E-state index contributed by atoms with van der Waals surface area (Å²) in [6, 6.07) is 10.4. The standard InChI is InChI=1S/C19H23F2N3O2/c1-3-22-19(23-13-14-8-9-17(25)16(21)12-14)24(2)10-11-26-18-7-5-4-6-15(18)20/h4-9,12,25H,3,10-11,13H2,1-2H3,(H,22,23). The molecule has 0 bridgehead atoms. The third-order valence-corrected chi connectivity index (χ3v) is 3.64. The van der Waals surface area contributed by atoms with E-state index in [4.69, 9.17) is 4.74 Å². The van der Waals surface area contributed by atoms with Crippen molar-refractivity contribution in [2.45, 2.75) is 13.5 Å². The van der Waals surface area contributed by atoms with Gasteiger partial charge in [0.25, 0.3) is 0 Å². The number of hydrogen-bond donors (Lipinski definition) is 2. The normalized spacial score (nSPS) is 11.3. The molecule has 0 fully saturated rings. The predicted molar refractivity (Wildman–Crippen MR) is 97.4 cm³/mol. The number of aromatic hydroxyl groups is 1. The molecule has 0 spiro atoms. The van der Waals surface area contributed by atoms with Gasteiger partial charge < -0.3 is 20.1 Å². The minimum absolute atomic E-state index is 0.211. The topological polar surface area (TPSA) is 57.1 Å². The molecule has 0 unspecified atom stereocenters. The van der Waals surface area contributed by atoms with Crippen molar-refractivity contribution in [3.05, 3.63) is 59.7 Å². The Morgan fingerprint density at radius 3 is 2.65 bits per heavy atom. The molecule has 0 heterocycles. The van der Waals surface area contributed by atoms with E-state index in [9.17, 15) is 13.9 Å². The fourth-order valence-electron chi connectivity index (χ4n) is 2.24. The van der Waals surface area contributed by atoms with Gasteiger partial charge in [0.2, 0.25) is 0 Å². The molecule has 0 aliphatic rings. The maximum Gasteiger partial charge on any atom is 0.194 e. The minimum Gasteiger partial charge on any atom is -0.505 e. The highest BCUT2D eigenvalue weighted by Gasteiger charge is 2.08. The minimum atomic E-state index is -0.672. The van der Waals surface area contributed by atoms with Gasteiger partial charge in [-0.05, 0) is 36.8 Å². The molecule has 0 atom stereocenters. The summed E-state index contributed by atoms with van der Waals surface area (Å²) in [5.41, 5.74) is 0.645. The van der Waals surface area contributed by atoms with Crippen LogP contribution in [0.5, 0.6) is 11.5 Å². The monoisotopic (exact) mass is 363 g/mol. The predicted octanol–water partition coefficient (Wildman–Crippen LogP) is 3.15. The van der Waals surface area contributed by atoms with Gasteiger partial charge in [-0.2, -0.15) is 0 Å². The smallest absolute Gasteiger partial charge is 0.194 e. The van der Waals surface area contributed by atoms with E-state index < -0.39 is 11.6 Å². The van der Waals surface area contributed by atoms with E-state index in [0.29, 0.717) is 24.6 Å². The molecule has 0 radical (unpaired) electrons. The summed E-state index contributed by atoms with van der Waals surface area (Å²) in [5.74, 6) is -0.619. The number of likely N-dealkylation sites (N-methyl/N-ethyl adjacent to an activating group) is 1. The molecular formula is C19H23F2N3O2. The number of aliphatic imine (C=N–C) groups is 1. The first-order valence-corrected chi connectivity index (χ1v) is 8.35. The Hall–Kier alpha value is -2.83. The van der Waals surface area contributed by atoms with Crippen LogP contribution in [0.3, 0.4) is 0 Å². The number of benzene rings is 2. The van der Waals surface area contributed by atoms with Crippen molar-refractivity contribution in [1.82, 2.24) is 10.2 Å². The zero-order valence-corrected chi connectivity index (χ0v) is 14.9. The van der Waals surface area contributed by atoms with Crippen LogP contribution in [0.15, 0.2) is 47.5 Å². The summed E-state index contributed by atoms with van der Waals surface area (Å²) in [5, 5.41) is 12.4. The van der Waals surface area contributed by atoms with E-state index in [1.54, 1.807) is 24.3 Å². The van der Waals surface area contributed by atoms with E-state index in [1.165, 1.54) is 18.2 Å². The molecule has 5 nitrogen and oxygen atoms in total. The van der Waals surface area contributed by atoms with Crippen molar-refractivity contribution in [3.63, 3.8) is 0 Å². The van der Waals surface area contributed by atoms with Crippen LogP contribution in [0, 0.1) is 11.6 Å². The van der Waals surface area contributed by atoms with Crippen molar-refractivity contribution in [2.75, 3.05) is 26.7 Å². The van der Waals surface area contributed by atoms with Gasteiger partial charge in [0.05, 0.1) is 13.1 Å². The number of para-hydroxylation sites is 1. The number of rotatable bonds is 7. The molecule has 0 saturated carbocycles. The van der Waals surface area contributed by atoms with Crippen LogP contribution in [0.4, 0.5) is 8.78 Å². The average Bonchev–Trinajstić information content (AvgIpc) is 2.63. The van der Waals surface area contributed by atoms with Gasteiger partial charge in [-0.25, -0.2) is 13.8 Å². The molecule has 0 aromatic heterocycles. The maximum absolute atomic E-state index is 13.5. The lowest BCUT2D eigenvalue weighted by Gasteiger charge is -2.22. The Morgan fingerprint density at radius 1 is 1.19 bits per heavy atom. The summed E-state index contributed by atoms with van der Waals surface area (Å²) >= 11 is 0. The number of guanidine groups is 1. The second kappa shape index (κ2) is 9.60. The van der Waals surface area contributed by atoms with E-state index in [1.807, 2.05) is 18.9 Å². The molecule has 7 heteroatoms. The first-order valence-electron chi connectivity index (χ1n) is 8.35. The zero-order chi connectivity index (χ0) is 18.9. The SMILES string of the molecule is CCNC(=NCc1ccc(O)c(F)c1)N(C)CCOc1ccccc1F. The van der Waals surface area contributed by atoms with Crippen LogP contribution in [0.2, 0.25) is 0 Å². The van der Waals surface area contributed by atoms with Crippen LogP contribution < -0.4 is 10.1 Å². The molecule has 26 heavy (non-hydrogen) atoms. The Kier molecular flexibility index (Phi) is 7.20. The molecule has 0 aliphatic carbocycles. The molecule has 0 saturated heterocycles.